The number of nitrogens with zero attached hydrogens (tertiary/aromatic N) is 4. The van der Waals surface area contributed by atoms with Gasteiger partial charge in [-0.1, -0.05) is 6.08 Å². The van der Waals surface area contributed by atoms with Gasteiger partial charge in [-0.2, -0.15) is 0 Å². The maximum Gasteiger partial charge on any atom is 0.497 e. The number of rotatable bonds is 6. The SMILES string of the molecule is CC(C)(C)OC(=O)N1CCC=C(c2cc3cc(C(=O)N4CCN(C5CC5)CC4)cc(B4OC(C)(C)C(C)(C)O4)c3n2CC2CC2)C1. The van der Waals surface area contributed by atoms with Crippen LogP contribution in [0.4, 0.5) is 4.79 Å². The molecule has 3 aliphatic heterocycles. The number of fused-ring (bicyclic) bond motifs is 1. The first-order chi connectivity index (χ1) is 21.7. The Kier molecular flexibility index (Phi) is 7.88. The second-order valence-corrected chi connectivity index (χ2v) is 16.2. The molecule has 2 amide bonds. The molecular weight excluding hydrogens is 579 g/mol. The molecule has 4 fully saturated rings. The van der Waals surface area contributed by atoms with Crippen LogP contribution >= 0.6 is 0 Å². The Bertz CT molecular complexity index is 1540. The van der Waals surface area contributed by atoms with E-state index in [4.69, 9.17) is 14.0 Å². The van der Waals surface area contributed by atoms with E-state index in [1.54, 1.807) is 0 Å². The molecule has 2 saturated heterocycles. The lowest BCUT2D eigenvalue weighted by Crippen LogP contribution is -2.49. The second kappa shape index (κ2) is 11.4. The molecular formula is C36H51BN4O5. The second-order valence-electron chi connectivity index (χ2n) is 16.2. The summed E-state index contributed by atoms with van der Waals surface area (Å²) in [5.41, 5.74) is 3.27. The lowest BCUT2D eigenvalue weighted by atomic mass is 9.76. The molecule has 248 valence electrons. The summed E-state index contributed by atoms with van der Waals surface area (Å²) in [4.78, 5) is 33.6. The summed E-state index contributed by atoms with van der Waals surface area (Å²) in [6, 6.07) is 7.05. The van der Waals surface area contributed by atoms with Crippen molar-refractivity contribution >= 4 is 41.1 Å². The first kappa shape index (κ1) is 31.8. The molecule has 9 nitrogen and oxygen atoms in total. The average molecular weight is 631 g/mol. The highest BCUT2D eigenvalue weighted by molar-refractivity contribution is 6.65. The van der Waals surface area contributed by atoms with Crippen LogP contribution in [0.5, 0.6) is 0 Å². The Labute approximate surface area is 274 Å². The van der Waals surface area contributed by atoms with Crippen LogP contribution in [0.1, 0.15) is 96.6 Å². The molecule has 4 heterocycles. The third kappa shape index (κ3) is 6.25. The molecule has 46 heavy (non-hydrogen) atoms. The van der Waals surface area contributed by atoms with Crippen LogP contribution < -0.4 is 5.46 Å². The molecule has 7 rings (SSSR count). The van der Waals surface area contributed by atoms with Gasteiger partial charge >= 0.3 is 13.2 Å². The predicted octanol–water partition coefficient (Wildman–Crippen LogP) is 5.29. The number of hydrogen-bond acceptors (Lipinski definition) is 6. The number of carbonyl (C=O) groups excluding carboxylic acids is 2. The van der Waals surface area contributed by atoms with E-state index in [0.29, 0.717) is 30.6 Å². The number of ether oxygens (including phenoxy) is 1. The minimum atomic E-state index is -0.605. The minimum Gasteiger partial charge on any atom is -0.444 e. The zero-order valence-electron chi connectivity index (χ0n) is 28.9. The molecule has 2 aromatic rings. The van der Waals surface area contributed by atoms with Gasteiger partial charge in [-0.3, -0.25) is 9.69 Å². The third-order valence-electron chi connectivity index (χ3n) is 10.7. The van der Waals surface area contributed by atoms with E-state index in [-0.39, 0.29) is 12.0 Å². The molecule has 0 atom stereocenters. The van der Waals surface area contributed by atoms with E-state index in [9.17, 15) is 9.59 Å². The summed E-state index contributed by atoms with van der Waals surface area (Å²) in [6.07, 6.45) is 7.73. The van der Waals surface area contributed by atoms with Crippen molar-refractivity contribution in [3.8, 4) is 0 Å². The number of piperazine rings is 1. The Morgan fingerprint density at radius 1 is 0.913 bits per heavy atom. The Morgan fingerprint density at radius 2 is 1.59 bits per heavy atom. The summed E-state index contributed by atoms with van der Waals surface area (Å²) in [5.74, 6) is 0.676. The standard InChI is InChI=1S/C36H51BN4O5/c1-34(2,3)44-33(43)40-14-8-9-25(23-40)30-21-26-19-27(32(42)39-17-15-38(16-18-39)28-12-13-28)20-29(31(26)41(30)22-24-10-11-24)37-45-35(4,5)36(6,7)46-37/h9,19-21,24,28H,8,10-18,22-23H2,1-7H3. The van der Waals surface area contributed by atoms with Crippen molar-refractivity contribution in [3.63, 3.8) is 0 Å². The van der Waals surface area contributed by atoms with Crippen molar-refractivity contribution in [2.45, 2.75) is 110 Å². The van der Waals surface area contributed by atoms with Gasteiger partial charge in [0.25, 0.3) is 5.91 Å². The Hall–Kier alpha value is -2.82. The fraction of sp³-hybridized carbons (Fsp3) is 0.667. The van der Waals surface area contributed by atoms with Crippen molar-refractivity contribution in [3.05, 3.63) is 35.5 Å². The molecule has 1 aromatic carbocycles. The molecule has 0 spiro atoms. The average Bonchev–Trinajstić information content (AvgIpc) is 3.92. The van der Waals surface area contributed by atoms with E-state index in [1.165, 1.54) is 25.7 Å². The van der Waals surface area contributed by atoms with Crippen LogP contribution in [-0.4, -0.2) is 100 Å². The number of amides is 2. The largest absolute Gasteiger partial charge is 0.497 e. The van der Waals surface area contributed by atoms with Gasteiger partial charge in [0.2, 0.25) is 0 Å². The zero-order chi connectivity index (χ0) is 32.6. The van der Waals surface area contributed by atoms with Gasteiger partial charge in [-0.05, 0) is 110 Å². The van der Waals surface area contributed by atoms with Gasteiger partial charge in [0.15, 0.2) is 0 Å². The lowest BCUT2D eigenvalue weighted by molar-refractivity contribution is 0.00578. The molecule has 1 aromatic heterocycles. The topological polar surface area (TPSA) is 76.5 Å². The monoisotopic (exact) mass is 630 g/mol. The van der Waals surface area contributed by atoms with Gasteiger partial charge < -0.3 is 28.4 Å². The molecule has 0 unspecified atom stereocenters. The van der Waals surface area contributed by atoms with Crippen LogP contribution in [-0.2, 0) is 20.6 Å². The van der Waals surface area contributed by atoms with Gasteiger partial charge in [0.05, 0.1) is 17.7 Å². The summed E-state index contributed by atoms with van der Waals surface area (Å²) in [5, 5.41) is 1.01. The minimum absolute atomic E-state index is 0.0691. The summed E-state index contributed by atoms with van der Waals surface area (Å²) < 4.78 is 21.5. The van der Waals surface area contributed by atoms with Crippen LogP contribution in [0.3, 0.4) is 0 Å². The number of hydrogen-bond donors (Lipinski definition) is 0. The van der Waals surface area contributed by atoms with Crippen molar-refractivity contribution in [2.75, 3.05) is 39.3 Å². The highest BCUT2D eigenvalue weighted by Gasteiger charge is 2.52. The van der Waals surface area contributed by atoms with Gasteiger partial charge in [0.1, 0.15) is 5.60 Å². The van der Waals surface area contributed by atoms with Gasteiger partial charge in [-0.15, -0.1) is 0 Å². The van der Waals surface area contributed by atoms with Crippen molar-refractivity contribution in [2.24, 2.45) is 5.92 Å². The summed E-state index contributed by atoms with van der Waals surface area (Å²) in [6.45, 7) is 19.4. The third-order valence-corrected chi connectivity index (χ3v) is 10.7. The van der Waals surface area contributed by atoms with Crippen molar-refractivity contribution < 1.29 is 23.6 Å². The van der Waals surface area contributed by atoms with Gasteiger partial charge in [-0.25, -0.2) is 4.79 Å². The number of benzene rings is 1. The van der Waals surface area contributed by atoms with E-state index in [0.717, 1.165) is 66.8 Å². The van der Waals surface area contributed by atoms with Crippen LogP contribution in [0.2, 0.25) is 0 Å². The van der Waals surface area contributed by atoms with Crippen molar-refractivity contribution in [1.82, 2.24) is 19.3 Å². The van der Waals surface area contributed by atoms with E-state index in [2.05, 4.69) is 55.4 Å². The molecule has 10 heteroatoms. The maximum absolute atomic E-state index is 14.1. The zero-order valence-corrected chi connectivity index (χ0v) is 28.9. The normalized spacial score (nSPS) is 23.6. The molecule has 0 bridgehead atoms. The quantitative estimate of drug-likeness (QED) is 0.404. The first-order valence-corrected chi connectivity index (χ1v) is 17.4. The lowest BCUT2D eigenvalue weighted by Gasteiger charge is -2.35. The molecule has 2 saturated carbocycles. The van der Waals surface area contributed by atoms with E-state index >= 15 is 0 Å². The maximum atomic E-state index is 14.1. The van der Waals surface area contributed by atoms with Crippen LogP contribution in [0.15, 0.2) is 24.3 Å². The Morgan fingerprint density at radius 3 is 2.20 bits per heavy atom. The number of carbonyl (C=O) groups is 2. The Balaban J connectivity index is 1.29. The predicted molar refractivity (Wildman–Crippen MR) is 181 cm³/mol. The number of aromatic nitrogens is 1. The van der Waals surface area contributed by atoms with E-state index in [1.807, 2.05) is 36.6 Å². The molecule has 0 N–H and O–H groups in total. The first-order valence-electron chi connectivity index (χ1n) is 17.4. The van der Waals surface area contributed by atoms with Gasteiger partial charge in [0, 0.05) is 72.9 Å². The molecule has 5 aliphatic rings. The van der Waals surface area contributed by atoms with Crippen molar-refractivity contribution in [1.29, 1.82) is 0 Å². The summed E-state index contributed by atoms with van der Waals surface area (Å²) >= 11 is 0. The molecule has 0 radical (unpaired) electrons. The fourth-order valence-corrected chi connectivity index (χ4v) is 7.06. The highest BCUT2D eigenvalue weighted by Crippen LogP contribution is 2.39. The smallest absolute Gasteiger partial charge is 0.444 e. The van der Waals surface area contributed by atoms with Crippen LogP contribution in [0, 0.1) is 5.92 Å². The highest BCUT2D eigenvalue weighted by atomic mass is 16.7. The molecule has 2 aliphatic carbocycles. The van der Waals surface area contributed by atoms with E-state index < -0.39 is 23.9 Å². The van der Waals surface area contributed by atoms with Crippen LogP contribution in [0.25, 0.3) is 16.5 Å². The summed E-state index contributed by atoms with van der Waals surface area (Å²) in [7, 11) is -0.605. The fourth-order valence-electron chi connectivity index (χ4n) is 7.06.